The Hall–Kier alpha value is -2.41. The maximum atomic E-state index is 12.2. The molecule has 2 amide bonds. The van der Waals surface area contributed by atoms with Crippen LogP contribution in [0.25, 0.3) is 0 Å². The number of carbonyl (C=O) groups excluding carboxylic acids is 2. The van der Waals surface area contributed by atoms with Crippen molar-refractivity contribution in [3.05, 3.63) is 35.9 Å². The van der Waals surface area contributed by atoms with Gasteiger partial charge in [-0.3, -0.25) is 14.4 Å². The summed E-state index contributed by atoms with van der Waals surface area (Å²) in [5, 5.41) is 13.5. The van der Waals surface area contributed by atoms with Crippen LogP contribution in [0.2, 0.25) is 0 Å². The van der Waals surface area contributed by atoms with Gasteiger partial charge in [0.2, 0.25) is 11.8 Å². The average molecular weight is 335 g/mol. The minimum Gasteiger partial charge on any atom is -0.480 e. The lowest BCUT2D eigenvalue weighted by molar-refractivity contribution is -0.138. The number of carboxylic acid groups (broad SMARTS) is 1. The molecule has 0 saturated carbocycles. The molecule has 0 saturated heterocycles. The SMILES string of the molecule is CC(C)C[C@H](NC(=O)C(N)Cc1ccccc1)C(=O)NCC(=O)O. The number of nitrogens with two attached hydrogens (primary N) is 1. The summed E-state index contributed by atoms with van der Waals surface area (Å²) in [7, 11) is 0. The van der Waals surface area contributed by atoms with Crippen LogP contribution in [0.15, 0.2) is 30.3 Å². The van der Waals surface area contributed by atoms with Crippen molar-refractivity contribution >= 4 is 17.8 Å². The van der Waals surface area contributed by atoms with E-state index in [1.165, 1.54) is 0 Å². The van der Waals surface area contributed by atoms with Gasteiger partial charge in [0.25, 0.3) is 0 Å². The fourth-order valence-electron chi connectivity index (χ4n) is 2.23. The highest BCUT2D eigenvalue weighted by Crippen LogP contribution is 2.07. The first-order chi connectivity index (χ1) is 11.3. The number of amides is 2. The third-order valence-corrected chi connectivity index (χ3v) is 3.39. The zero-order chi connectivity index (χ0) is 18.1. The number of nitrogens with one attached hydrogen (secondary N) is 2. The first kappa shape index (κ1) is 19.6. The van der Waals surface area contributed by atoms with E-state index >= 15 is 0 Å². The van der Waals surface area contributed by atoms with Gasteiger partial charge in [0.05, 0.1) is 6.04 Å². The topological polar surface area (TPSA) is 122 Å². The first-order valence-corrected chi connectivity index (χ1v) is 7.89. The molecule has 1 unspecified atom stereocenters. The standard InChI is InChI=1S/C17H25N3O4/c1-11(2)8-14(17(24)19-10-15(21)22)20-16(23)13(18)9-12-6-4-3-5-7-12/h3-7,11,13-14H,8-10,18H2,1-2H3,(H,19,24)(H,20,23)(H,21,22)/t13?,14-/m0/s1. The van der Waals surface area contributed by atoms with Gasteiger partial charge in [0.15, 0.2) is 0 Å². The van der Waals surface area contributed by atoms with Gasteiger partial charge < -0.3 is 21.5 Å². The minimum atomic E-state index is -1.14. The van der Waals surface area contributed by atoms with Crippen LogP contribution in [0.5, 0.6) is 0 Å². The summed E-state index contributed by atoms with van der Waals surface area (Å²) in [5.41, 5.74) is 6.84. The van der Waals surface area contributed by atoms with Gasteiger partial charge in [0, 0.05) is 0 Å². The molecule has 0 aliphatic rings. The number of aliphatic carboxylic acids is 1. The number of rotatable bonds is 9. The number of hydrogen-bond acceptors (Lipinski definition) is 4. The second kappa shape index (κ2) is 9.67. The fourth-order valence-corrected chi connectivity index (χ4v) is 2.23. The maximum absolute atomic E-state index is 12.2. The van der Waals surface area contributed by atoms with E-state index in [9.17, 15) is 14.4 Å². The van der Waals surface area contributed by atoms with Gasteiger partial charge >= 0.3 is 5.97 Å². The lowest BCUT2D eigenvalue weighted by atomic mass is 10.0. The van der Waals surface area contributed by atoms with Crippen LogP contribution in [0.4, 0.5) is 0 Å². The van der Waals surface area contributed by atoms with E-state index in [1.807, 2.05) is 44.2 Å². The Labute approximate surface area is 141 Å². The third-order valence-electron chi connectivity index (χ3n) is 3.39. The molecule has 24 heavy (non-hydrogen) atoms. The van der Waals surface area contributed by atoms with Crippen LogP contribution in [0.1, 0.15) is 25.8 Å². The molecule has 0 bridgehead atoms. The second-order valence-corrected chi connectivity index (χ2v) is 6.10. The number of carbonyl (C=O) groups is 3. The van der Waals surface area contributed by atoms with Crippen LogP contribution in [0.3, 0.4) is 0 Å². The minimum absolute atomic E-state index is 0.149. The van der Waals surface area contributed by atoms with Crippen LogP contribution in [-0.2, 0) is 20.8 Å². The number of hydrogen-bond donors (Lipinski definition) is 4. The highest BCUT2D eigenvalue weighted by Gasteiger charge is 2.24. The molecule has 1 aromatic rings. The van der Waals surface area contributed by atoms with Gasteiger partial charge in [0.1, 0.15) is 12.6 Å². The van der Waals surface area contributed by atoms with E-state index in [1.54, 1.807) is 0 Å². The summed E-state index contributed by atoms with van der Waals surface area (Å²) in [6, 6.07) is 7.76. The van der Waals surface area contributed by atoms with Crippen molar-refractivity contribution in [3.8, 4) is 0 Å². The largest absolute Gasteiger partial charge is 0.480 e. The summed E-state index contributed by atoms with van der Waals surface area (Å²) >= 11 is 0. The number of benzene rings is 1. The molecule has 7 heteroatoms. The summed E-state index contributed by atoms with van der Waals surface area (Å²) in [6.45, 7) is 3.33. The zero-order valence-corrected chi connectivity index (χ0v) is 14.0. The van der Waals surface area contributed by atoms with E-state index < -0.39 is 36.4 Å². The molecule has 0 spiro atoms. The molecule has 0 radical (unpaired) electrons. The van der Waals surface area contributed by atoms with Crippen molar-refractivity contribution in [1.29, 1.82) is 0 Å². The average Bonchev–Trinajstić information content (AvgIpc) is 2.52. The second-order valence-electron chi connectivity index (χ2n) is 6.10. The van der Waals surface area contributed by atoms with E-state index in [0.717, 1.165) is 5.56 Å². The Morgan fingerprint density at radius 3 is 2.29 bits per heavy atom. The maximum Gasteiger partial charge on any atom is 0.322 e. The smallest absolute Gasteiger partial charge is 0.322 e. The fraction of sp³-hybridized carbons (Fsp3) is 0.471. The van der Waals surface area contributed by atoms with E-state index in [0.29, 0.717) is 12.8 Å². The molecule has 0 aliphatic heterocycles. The van der Waals surface area contributed by atoms with Crippen molar-refractivity contribution in [3.63, 3.8) is 0 Å². The Balaban J connectivity index is 2.65. The Kier molecular flexibility index (Phi) is 7.91. The predicted octanol–water partition coefficient (Wildman–Crippen LogP) is 0.288. The van der Waals surface area contributed by atoms with Crippen molar-refractivity contribution < 1.29 is 19.5 Å². The summed E-state index contributed by atoms with van der Waals surface area (Å²) < 4.78 is 0. The molecular weight excluding hydrogens is 310 g/mol. The molecule has 0 aromatic heterocycles. The molecule has 132 valence electrons. The molecular formula is C17H25N3O4. The summed E-state index contributed by atoms with van der Waals surface area (Å²) in [5.74, 6) is -1.95. The summed E-state index contributed by atoms with van der Waals surface area (Å²) in [4.78, 5) is 34.9. The molecule has 1 aromatic carbocycles. The van der Waals surface area contributed by atoms with Gasteiger partial charge in [-0.2, -0.15) is 0 Å². The van der Waals surface area contributed by atoms with Gasteiger partial charge in [-0.05, 0) is 24.3 Å². The Morgan fingerprint density at radius 2 is 1.75 bits per heavy atom. The molecule has 2 atom stereocenters. The molecule has 0 heterocycles. The Morgan fingerprint density at radius 1 is 1.12 bits per heavy atom. The monoisotopic (exact) mass is 335 g/mol. The van der Waals surface area contributed by atoms with Crippen LogP contribution in [-0.4, -0.2) is 41.5 Å². The van der Waals surface area contributed by atoms with E-state index in [2.05, 4.69) is 10.6 Å². The van der Waals surface area contributed by atoms with Crippen molar-refractivity contribution in [1.82, 2.24) is 10.6 Å². The highest BCUT2D eigenvalue weighted by atomic mass is 16.4. The Bertz CT molecular complexity index is 560. The van der Waals surface area contributed by atoms with Gasteiger partial charge in [-0.15, -0.1) is 0 Å². The number of carboxylic acids is 1. The van der Waals surface area contributed by atoms with Gasteiger partial charge in [-0.25, -0.2) is 0 Å². The lowest BCUT2D eigenvalue weighted by Gasteiger charge is -2.22. The van der Waals surface area contributed by atoms with Crippen molar-refractivity contribution in [2.45, 2.75) is 38.8 Å². The third kappa shape index (κ3) is 7.23. The molecule has 7 nitrogen and oxygen atoms in total. The van der Waals surface area contributed by atoms with Crippen LogP contribution >= 0.6 is 0 Å². The zero-order valence-electron chi connectivity index (χ0n) is 14.0. The van der Waals surface area contributed by atoms with E-state index in [4.69, 9.17) is 10.8 Å². The first-order valence-electron chi connectivity index (χ1n) is 7.89. The molecule has 0 aliphatic carbocycles. The van der Waals surface area contributed by atoms with Crippen LogP contribution < -0.4 is 16.4 Å². The van der Waals surface area contributed by atoms with Crippen molar-refractivity contribution in [2.24, 2.45) is 11.7 Å². The van der Waals surface area contributed by atoms with Crippen LogP contribution in [0, 0.1) is 5.92 Å². The molecule has 0 fully saturated rings. The molecule has 1 rings (SSSR count). The van der Waals surface area contributed by atoms with E-state index in [-0.39, 0.29) is 5.92 Å². The molecule has 5 N–H and O–H groups in total. The predicted molar refractivity (Wildman–Crippen MR) is 90.2 cm³/mol. The normalized spacial score (nSPS) is 13.2. The quantitative estimate of drug-likeness (QED) is 0.517. The summed E-state index contributed by atoms with van der Waals surface area (Å²) in [6.07, 6.45) is 0.757. The highest BCUT2D eigenvalue weighted by molar-refractivity contribution is 5.91. The van der Waals surface area contributed by atoms with Crippen molar-refractivity contribution in [2.75, 3.05) is 6.54 Å². The van der Waals surface area contributed by atoms with Gasteiger partial charge in [-0.1, -0.05) is 44.2 Å². The lowest BCUT2D eigenvalue weighted by Crippen LogP contribution is -2.53.